The summed E-state index contributed by atoms with van der Waals surface area (Å²) in [5.74, 6) is -0.0697. The van der Waals surface area contributed by atoms with E-state index in [-0.39, 0.29) is 11.8 Å². The molecule has 6 nitrogen and oxygen atoms in total. The van der Waals surface area contributed by atoms with Crippen LogP contribution in [0, 0.1) is 0 Å². The van der Waals surface area contributed by atoms with Crippen LogP contribution < -0.4 is 5.32 Å². The molecular formula is C21H24BrN3O3. The van der Waals surface area contributed by atoms with Gasteiger partial charge in [0.15, 0.2) is 0 Å². The predicted molar refractivity (Wildman–Crippen MR) is 112 cm³/mol. The van der Waals surface area contributed by atoms with Crippen LogP contribution in [0.2, 0.25) is 0 Å². The number of rotatable bonds is 6. The number of hydrogen-bond acceptors (Lipinski definition) is 4. The van der Waals surface area contributed by atoms with E-state index in [1.807, 2.05) is 53.2 Å². The molecule has 1 aliphatic heterocycles. The Bertz CT molecular complexity index is 823. The van der Waals surface area contributed by atoms with Crippen molar-refractivity contribution in [2.45, 2.75) is 6.54 Å². The molecule has 1 saturated heterocycles. The number of carbonyl (C=O) groups is 2. The Morgan fingerprint density at radius 1 is 1.11 bits per heavy atom. The van der Waals surface area contributed by atoms with E-state index in [9.17, 15) is 9.59 Å². The zero-order chi connectivity index (χ0) is 19.9. The van der Waals surface area contributed by atoms with Gasteiger partial charge >= 0.3 is 0 Å². The van der Waals surface area contributed by atoms with Crippen LogP contribution in [0.1, 0.15) is 15.9 Å². The summed E-state index contributed by atoms with van der Waals surface area (Å²) in [7, 11) is 1.90. The van der Waals surface area contributed by atoms with Crippen LogP contribution in [0.15, 0.2) is 53.0 Å². The first-order valence-electron chi connectivity index (χ1n) is 9.22. The smallest absolute Gasteiger partial charge is 0.255 e. The van der Waals surface area contributed by atoms with E-state index in [2.05, 4.69) is 21.2 Å². The highest BCUT2D eigenvalue weighted by Gasteiger charge is 2.19. The van der Waals surface area contributed by atoms with E-state index in [1.54, 1.807) is 12.1 Å². The van der Waals surface area contributed by atoms with Gasteiger partial charge in [-0.2, -0.15) is 0 Å². The van der Waals surface area contributed by atoms with E-state index in [0.717, 1.165) is 15.7 Å². The van der Waals surface area contributed by atoms with Crippen molar-refractivity contribution in [2.24, 2.45) is 0 Å². The van der Waals surface area contributed by atoms with Gasteiger partial charge in [-0.1, -0.05) is 40.2 Å². The molecule has 28 heavy (non-hydrogen) atoms. The number of ether oxygens (including phenoxy) is 1. The summed E-state index contributed by atoms with van der Waals surface area (Å²) < 4.78 is 6.19. The lowest BCUT2D eigenvalue weighted by Crippen LogP contribution is -2.45. The van der Waals surface area contributed by atoms with E-state index >= 15 is 0 Å². The van der Waals surface area contributed by atoms with Gasteiger partial charge in [0.2, 0.25) is 5.91 Å². The number of carbonyl (C=O) groups excluding carboxylic acids is 2. The number of likely N-dealkylation sites (N-methyl/N-ethyl adjacent to an activating group) is 1. The quantitative estimate of drug-likeness (QED) is 0.742. The molecule has 7 heteroatoms. The lowest BCUT2D eigenvalue weighted by molar-refractivity contribution is -0.136. The summed E-state index contributed by atoms with van der Waals surface area (Å²) in [6.45, 7) is 3.31. The van der Waals surface area contributed by atoms with Crippen LogP contribution in [0.4, 0.5) is 5.69 Å². The Hall–Kier alpha value is -2.22. The number of benzene rings is 2. The van der Waals surface area contributed by atoms with Gasteiger partial charge < -0.3 is 15.0 Å². The monoisotopic (exact) mass is 445 g/mol. The Balaban J connectivity index is 1.67. The fourth-order valence-corrected chi connectivity index (χ4v) is 3.58. The molecule has 0 bridgehead atoms. The number of nitrogens with one attached hydrogen (secondary N) is 1. The topological polar surface area (TPSA) is 61.9 Å². The number of hydrogen-bond donors (Lipinski definition) is 1. The first kappa shape index (κ1) is 20.5. The van der Waals surface area contributed by atoms with Crippen molar-refractivity contribution in [2.75, 3.05) is 45.2 Å². The van der Waals surface area contributed by atoms with Crippen LogP contribution in [0.5, 0.6) is 0 Å². The van der Waals surface area contributed by atoms with E-state index < -0.39 is 0 Å². The third-order valence-corrected chi connectivity index (χ3v) is 5.34. The van der Waals surface area contributed by atoms with Gasteiger partial charge in [-0.05, 0) is 31.3 Å². The summed E-state index contributed by atoms with van der Waals surface area (Å²) in [4.78, 5) is 28.8. The second-order valence-corrected chi connectivity index (χ2v) is 7.61. The molecule has 3 rings (SSSR count). The largest absolute Gasteiger partial charge is 0.378 e. The van der Waals surface area contributed by atoms with Crippen molar-refractivity contribution in [3.8, 4) is 0 Å². The van der Waals surface area contributed by atoms with Crippen LogP contribution in [-0.2, 0) is 16.1 Å². The maximum Gasteiger partial charge on any atom is 0.255 e. The average Bonchev–Trinajstić information content (AvgIpc) is 2.72. The highest BCUT2D eigenvalue weighted by atomic mass is 79.9. The lowest BCUT2D eigenvalue weighted by Gasteiger charge is -2.29. The average molecular weight is 446 g/mol. The molecule has 1 heterocycles. The van der Waals surface area contributed by atoms with Crippen LogP contribution in [0.25, 0.3) is 0 Å². The molecule has 0 spiro atoms. The Labute approximate surface area is 173 Å². The molecule has 0 unspecified atom stereocenters. The number of halogens is 1. The Kier molecular flexibility index (Phi) is 7.19. The van der Waals surface area contributed by atoms with Crippen molar-refractivity contribution in [3.63, 3.8) is 0 Å². The molecule has 0 saturated carbocycles. The summed E-state index contributed by atoms with van der Waals surface area (Å²) in [6, 6.07) is 14.8. The summed E-state index contributed by atoms with van der Waals surface area (Å²) >= 11 is 3.57. The molecule has 1 aliphatic rings. The van der Waals surface area contributed by atoms with Crippen LogP contribution in [-0.4, -0.2) is 61.5 Å². The fourth-order valence-electron chi connectivity index (χ4n) is 3.09. The molecule has 2 aromatic carbocycles. The zero-order valence-corrected chi connectivity index (χ0v) is 17.4. The van der Waals surface area contributed by atoms with Crippen LogP contribution in [0.3, 0.4) is 0 Å². The zero-order valence-electron chi connectivity index (χ0n) is 15.9. The highest BCUT2D eigenvalue weighted by molar-refractivity contribution is 9.10. The molecule has 0 aliphatic carbocycles. The normalized spacial score (nSPS) is 14.2. The molecule has 0 atom stereocenters. The summed E-state index contributed by atoms with van der Waals surface area (Å²) in [6.07, 6.45) is 0. The van der Waals surface area contributed by atoms with Crippen molar-refractivity contribution in [1.29, 1.82) is 0 Å². The Morgan fingerprint density at radius 3 is 2.54 bits per heavy atom. The van der Waals surface area contributed by atoms with Gasteiger partial charge in [0.1, 0.15) is 0 Å². The second-order valence-electron chi connectivity index (χ2n) is 6.75. The van der Waals surface area contributed by atoms with Crippen molar-refractivity contribution < 1.29 is 14.3 Å². The van der Waals surface area contributed by atoms with Crippen molar-refractivity contribution in [3.05, 3.63) is 64.1 Å². The van der Waals surface area contributed by atoms with Crippen LogP contribution >= 0.6 is 15.9 Å². The number of morpholine rings is 1. The summed E-state index contributed by atoms with van der Waals surface area (Å²) in [5, 5.41) is 2.98. The molecule has 148 valence electrons. The second kappa shape index (κ2) is 9.82. The molecular weight excluding hydrogens is 422 g/mol. The lowest BCUT2D eigenvalue weighted by atomic mass is 10.1. The first-order valence-corrected chi connectivity index (χ1v) is 10.0. The minimum atomic E-state index is -0.160. The van der Waals surface area contributed by atoms with Gasteiger partial charge in [-0.15, -0.1) is 0 Å². The van der Waals surface area contributed by atoms with Gasteiger partial charge in [0, 0.05) is 40.9 Å². The van der Waals surface area contributed by atoms with Crippen molar-refractivity contribution >= 4 is 33.4 Å². The molecule has 0 radical (unpaired) electrons. The van der Waals surface area contributed by atoms with Gasteiger partial charge in [0.05, 0.1) is 19.8 Å². The van der Waals surface area contributed by atoms with E-state index in [4.69, 9.17) is 4.74 Å². The fraction of sp³-hybridized carbons (Fsp3) is 0.333. The van der Waals surface area contributed by atoms with E-state index in [1.165, 1.54) is 0 Å². The Morgan fingerprint density at radius 2 is 1.82 bits per heavy atom. The van der Waals surface area contributed by atoms with Gasteiger partial charge in [-0.25, -0.2) is 0 Å². The van der Waals surface area contributed by atoms with Gasteiger partial charge in [-0.3, -0.25) is 14.5 Å². The third kappa shape index (κ3) is 5.41. The van der Waals surface area contributed by atoms with Gasteiger partial charge in [0.25, 0.3) is 5.91 Å². The molecule has 0 aromatic heterocycles. The number of anilines is 1. The highest BCUT2D eigenvalue weighted by Crippen LogP contribution is 2.26. The SMILES string of the molecule is CN(CC(=O)N1CCOCC1)Cc1c(Br)cccc1NC(=O)c1ccccc1. The van der Waals surface area contributed by atoms with E-state index in [0.29, 0.717) is 45.0 Å². The number of nitrogens with zero attached hydrogens (tertiary/aromatic N) is 2. The predicted octanol–water partition coefficient (Wildman–Crippen LogP) is 2.99. The molecule has 1 N–H and O–H groups in total. The maximum absolute atomic E-state index is 12.5. The maximum atomic E-state index is 12.5. The standard InChI is InChI=1S/C21H24BrN3O3/c1-24(15-20(26)25-10-12-28-13-11-25)14-17-18(22)8-5-9-19(17)23-21(27)16-6-3-2-4-7-16/h2-9H,10-15H2,1H3,(H,23,27). The molecule has 2 aromatic rings. The molecule has 1 fully saturated rings. The van der Waals surface area contributed by atoms with Crippen molar-refractivity contribution in [1.82, 2.24) is 9.80 Å². The minimum absolute atomic E-state index is 0.0905. The molecule has 2 amide bonds. The minimum Gasteiger partial charge on any atom is -0.378 e. The summed E-state index contributed by atoms with van der Waals surface area (Å²) in [5.41, 5.74) is 2.27. The third-order valence-electron chi connectivity index (χ3n) is 4.60. The number of amides is 2. The first-order chi connectivity index (χ1) is 13.5.